The van der Waals surface area contributed by atoms with Gasteiger partial charge in [-0.05, 0) is 23.5 Å². The van der Waals surface area contributed by atoms with Gasteiger partial charge in [0.1, 0.15) is 0 Å². The Labute approximate surface area is 122 Å². The maximum Gasteiger partial charge on any atom is 0.191 e. The lowest BCUT2D eigenvalue weighted by atomic mass is 10.1. The van der Waals surface area contributed by atoms with Crippen molar-refractivity contribution < 1.29 is 4.74 Å². The second-order valence-corrected chi connectivity index (χ2v) is 5.29. The normalized spacial score (nSPS) is 11.8. The van der Waals surface area contributed by atoms with Crippen LogP contribution in [0.15, 0.2) is 29.3 Å². The Morgan fingerprint density at radius 3 is 2.65 bits per heavy atom. The quantitative estimate of drug-likeness (QED) is 0.595. The lowest BCUT2D eigenvalue weighted by Crippen LogP contribution is -2.37. The number of benzene rings is 1. The van der Waals surface area contributed by atoms with E-state index in [0.717, 1.165) is 25.5 Å². The first-order valence-electron chi connectivity index (χ1n) is 7.17. The average molecular weight is 277 g/mol. The molecule has 0 bridgehead atoms. The van der Waals surface area contributed by atoms with Crippen LogP contribution in [0.2, 0.25) is 0 Å². The molecular weight excluding hydrogens is 250 g/mol. The van der Waals surface area contributed by atoms with E-state index < -0.39 is 0 Å². The predicted molar refractivity (Wildman–Crippen MR) is 84.8 cm³/mol. The summed E-state index contributed by atoms with van der Waals surface area (Å²) in [5.41, 5.74) is 2.42. The Morgan fingerprint density at radius 1 is 1.25 bits per heavy atom. The number of aliphatic imine (C=N–C) groups is 1. The van der Waals surface area contributed by atoms with Crippen LogP contribution < -0.4 is 10.6 Å². The first-order valence-corrected chi connectivity index (χ1v) is 7.17. The number of guanidine groups is 1. The Balaban J connectivity index is 2.42. The summed E-state index contributed by atoms with van der Waals surface area (Å²) in [4.78, 5) is 4.23. The molecule has 0 fully saturated rings. The van der Waals surface area contributed by atoms with Gasteiger partial charge in [0.2, 0.25) is 0 Å². The van der Waals surface area contributed by atoms with Gasteiger partial charge in [-0.15, -0.1) is 0 Å². The molecule has 0 amide bonds. The number of hydrogen-bond acceptors (Lipinski definition) is 2. The summed E-state index contributed by atoms with van der Waals surface area (Å²) in [5, 5.41) is 6.65. The van der Waals surface area contributed by atoms with E-state index in [1.807, 2.05) is 0 Å². The van der Waals surface area contributed by atoms with Crippen LogP contribution in [-0.4, -0.2) is 26.7 Å². The van der Waals surface area contributed by atoms with Crippen LogP contribution in [0.25, 0.3) is 0 Å². The molecule has 0 saturated heterocycles. The molecule has 112 valence electrons. The molecule has 1 aromatic rings. The molecule has 0 atom stereocenters. The molecule has 1 aromatic carbocycles. The highest BCUT2D eigenvalue weighted by Crippen LogP contribution is 2.06. The third kappa shape index (κ3) is 6.57. The van der Waals surface area contributed by atoms with Crippen molar-refractivity contribution in [2.45, 2.75) is 33.4 Å². The number of rotatable bonds is 7. The Hall–Kier alpha value is -1.55. The monoisotopic (exact) mass is 277 g/mol. The van der Waals surface area contributed by atoms with Gasteiger partial charge in [-0.3, -0.25) is 4.99 Å². The fourth-order valence-electron chi connectivity index (χ4n) is 1.88. The number of ether oxygens (including phenoxy) is 1. The highest BCUT2D eigenvalue weighted by atomic mass is 16.5. The number of nitrogens with zero attached hydrogens (tertiary/aromatic N) is 1. The van der Waals surface area contributed by atoms with Gasteiger partial charge in [-0.1, -0.05) is 38.1 Å². The molecular formula is C16H27N3O. The molecule has 0 aliphatic carbocycles. The van der Waals surface area contributed by atoms with Crippen molar-refractivity contribution in [2.75, 3.05) is 20.7 Å². The van der Waals surface area contributed by atoms with E-state index in [1.54, 1.807) is 14.2 Å². The maximum absolute atomic E-state index is 5.15. The van der Waals surface area contributed by atoms with Crippen molar-refractivity contribution in [1.29, 1.82) is 0 Å². The number of nitrogens with one attached hydrogen (secondary N) is 2. The third-order valence-corrected chi connectivity index (χ3v) is 3.00. The SMILES string of the molecule is CN=C(NCCC(C)C)NCc1cccc(COC)c1. The zero-order valence-electron chi connectivity index (χ0n) is 13.1. The minimum atomic E-state index is 0.648. The molecule has 0 heterocycles. The van der Waals surface area contributed by atoms with Gasteiger partial charge >= 0.3 is 0 Å². The van der Waals surface area contributed by atoms with Gasteiger partial charge in [-0.2, -0.15) is 0 Å². The molecule has 0 radical (unpaired) electrons. The molecule has 4 heteroatoms. The standard InChI is InChI=1S/C16H27N3O/c1-13(2)8-9-18-16(17-3)19-11-14-6-5-7-15(10-14)12-20-4/h5-7,10,13H,8-9,11-12H2,1-4H3,(H2,17,18,19). The number of hydrogen-bond donors (Lipinski definition) is 2. The largest absolute Gasteiger partial charge is 0.380 e. The Bertz CT molecular complexity index is 416. The van der Waals surface area contributed by atoms with Crippen LogP contribution in [0.4, 0.5) is 0 Å². The summed E-state index contributed by atoms with van der Waals surface area (Å²) in [7, 11) is 3.51. The summed E-state index contributed by atoms with van der Waals surface area (Å²) in [6.45, 7) is 6.80. The minimum absolute atomic E-state index is 0.648. The molecule has 20 heavy (non-hydrogen) atoms. The minimum Gasteiger partial charge on any atom is -0.380 e. The van der Waals surface area contributed by atoms with Crippen LogP contribution in [0.1, 0.15) is 31.4 Å². The van der Waals surface area contributed by atoms with Gasteiger partial charge in [-0.25, -0.2) is 0 Å². The lowest BCUT2D eigenvalue weighted by Gasteiger charge is -2.13. The van der Waals surface area contributed by atoms with Crippen LogP contribution in [0.3, 0.4) is 0 Å². The smallest absolute Gasteiger partial charge is 0.191 e. The zero-order valence-corrected chi connectivity index (χ0v) is 13.1. The van der Waals surface area contributed by atoms with Gasteiger partial charge in [0.05, 0.1) is 6.61 Å². The highest BCUT2D eigenvalue weighted by molar-refractivity contribution is 5.79. The van der Waals surface area contributed by atoms with Crippen molar-refractivity contribution in [3.63, 3.8) is 0 Å². The average Bonchev–Trinajstić information content (AvgIpc) is 2.43. The van der Waals surface area contributed by atoms with E-state index in [2.05, 4.69) is 53.7 Å². The van der Waals surface area contributed by atoms with Crippen molar-refractivity contribution in [3.8, 4) is 0 Å². The van der Waals surface area contributed by atoms with Crippen LogP contribution in [-0.2, 0) is 17.9 Å². The summed E-state index contributed by atoms with van der Waals surface area (Å²) < 4.78 is 5.15. The molecule has 0 spiro atoms. The van der Waals surface area contributed by atoms with Crippen LogP contribution >= 0.6 is 0 Å². The predicted octanol–water partition coefficient (Wildman–Crippen LogP) is 2.54. The van der Waals surface area contributed by atoms with Crippen molar-refractivity contribution >= 4 is 5.96 Å². The summed E-state index contributed by atoms with van der Waals surface area (Å²) in [6.07, 6.45) is 1.14. The molecule has 0 aromatic heterocycles. The van der Waals surface area contributed by atoms with Crippen molar-refractivity contribution in [2.24, 2.45) is 10.9 Å². The van der Waals surface area contributed by atoms with E-state index in [1.165, 1.54) is 11.1 Å². The summed E-state index contributed by atoms with van der Waals surface area (Å²) >= 11 is 0. The molecule has 1 rings (SSSR count). The highest BCUT2D eigenvalue weighted by Gasteiger charge is 2.00. The van der Waals surface area contributed by atoms with Crippen molar-refractivity contribution in [3.05, 3.63) is 35.4 Å². The molecule has 0 aliphatic heterocycles. The first-order chi connectivity index (χ1) is 9.65. The summed E-state index contributed by atoms with van der Waals surface area (Å²) in [5.74, 6) is 1.55. The van der Waals surface area contributed by atoms with Crippen molar-refractivity contribution in [1.82, 2.24) is 10.6 Å². The third-order valence-electron chi connectivity index (χ3n) is 3.00. The topological polar surface area (TPSA) is 45.7 Å². The van der Waals surface area contributed by atoms with Crippen LogP contribution in [0, 0.1) is 5.92 Å². The van der Waals surface area contributed by atoms with E-state index in [9.17, 15) is 0 Å². The van der Waals surface area contributed by atoms with Crippen LogP contribution in [0.5, 0.6) is 0 Å². The van der Waals surface area contributed by atoms with E-state index in [-0.39, 0.29) is 0 Å². The van der Waals surface area contributed by atoms with E-state index in [0.29, 0.717) is 12.5 Å². The summed E-state index contributed by atoms with van der Waals surface area (Å²) in [6, 6.07) is 8.38. The first kappa shape index (κ1) is 16.5. The Kier molecular flexibility index (Phi) is 7.73. The Morgan fingerprint density at radius 2 is 2.00 bits per heavy atom. The maximum atomic E-state index is 5.15. The second kappa shape index (κ2) is 9.37. The molecule has 0 unspecified atom stereocenters. The molecule has 4 nitrogen and oxygen atoms in total. The van der Waals surface area contributed by atoms with E-state index >= 15 is 0 Å². The zero-order chi connectivity index (χ0) is 14.8. The molecule has 2 N–H and O–H groups in total. The van der Waals surface area contributed by atoms with E-state index in [4.69, 9.17) is 4.74 Å². The van der Waals surface area contributed by atoms with Gasteiger partial charge in [0.15, 0.2) is 5.96 Å². The fourth-order valence-corrected chi connectivity index (χ4v) is 1.88. The fraction of sp³-hybridized carbons (Fsp3) is 0.562. The number of methoxy groups -OCH3 is 1. The second-order valence-electron chi connectivity index (χ2n) is 5.29. The lowest BCUT2D eigenvalue weighted by molar-refractivity contribution is 0.185. The molecule has 0 aliphatic rings. The van der Waals surface area contributed by atoms with Gasteiger partial charge in [0, 0.05) is 27.2 Å². The van der Waals surface area contributed by atoms with Gasteiger partial charge < -0.3 is 15.4 Å². The van der Waals surface area contributed by atoms with Gasteiger partial charge in [0.25, 0.3) is 0 Å². The molecule has 0 saturated carbocycles.